The van der Waals surface area contributed by atoms with Crippen molar-refractivity contribution in [2.45, 2.75) is 37.9 Å². The third-order valence-corrected chi connectivity index (χ3v) is 4.59. The summed E-state index contributed by atoms with van der Waals surface area (Å²) in [4.78, 5) is 0.132. The Morgan fingerprint density at radius 3 is 2.90 bits per heavy atom. The molecule has 0 aliphatic carbocycles. The van der Waals surface area contributed by atoms with E-state index in [-0.39, 0.29) is 17.5 Å². The molecule has 0 aliphatic heterocycles. The van der Waals surface area contributed by atoms with Gasteiger partial charge in [0.25, 0.3) is 0 Å². The predicted octanol–water partition coefficient (Wildman–Crippen LogP) is -0.260. The van der Waals surface area contributed by atoms with E-state index in [4.69, 9.17) is 5.73 Å². The largest absolute Gasteiger partial charge is 0.325 e. The van der Waals surface area contributed by atoms with Gasteiger partial charge in [-0.25, -0.2) is 13.1 Å². The Morgan fingerprint density at radius 1 is 1.55 bits per heavy atom. The van der Waals surface area contributed by atoms with Crippen LogP contribution in [-0.2, 0) is 23.1 Å². The summed E-state index contributed by atoms with van der Waals surface area (Å²) in [5, 5.41) is 10.6. The van der Waals surface area contributed by atoms with E-state index in [9.17, 15) is 8.42 Å². The van der Waals surface area contributed by atoms with Gasteiger partial charge >= 0.3 is 0 Å². The number of nitrogens with two attached hydrogens (primary N) is 1. The van der Waals surface area contributed by atoms with Crippen LogP contribution in [0.3, 0.4) is 0 Å². The average Bonchev–Trinajstić information content (AvgIpc) is 2.97. The van der Waals surface area contributed by atoms with Crippen molar-refractivity contribution in [1.29, 1.82) is 0 Å². The molecule has 2 aromatic rings. The summed E-state index contributed by atoms with van der Waals surface area (Å²) < 4.78 is 29.0. The minimum atomic E-state index is -3.66. The van der Waals surface area contributed by atoms with Gasteiger partial charge in [-0.05, 0) is 19.9 Å². The fraction of sp³-hybridized carbons (Fsp3) is 0.455. The molecule has 0 radical (unpaired) electrons. The molecule has 2 heterocycles. The maximum absolute atomic E-state index is 12.4. The first-order chi connectivity index (χ1) is 9.44. The Hall–Kier alpha value is -1.71. The Labute approximate surface area is 117 Å². The minimum absolute atomic E-state index is 0.0636. The molecule has 9 heteroatoms. The molecule has 2 rings (SSSR count). The molecule has 1 unspecified atom stereocenters. The van der Waals surface area contributed by atoms with Crippen molar-refractivity contribution in [3.8, 4) is 0 Å². The smallest absolute Gasteiger partial charge is 0.244 e. The molecule has 4 N–H and O–H groups in total. The molecule has 2 aromatic heterocycles. The van der Waals surface area contributed by atoms with Crippen molar-refractivity contribution < 1.29 is 8.42 Å². The van der Waals surface area contributed by atoms with Crippen LogP contribution < -0.4 is 10.5 Å². The van der Waals surface area contributed by atoms with Gasteiger partial charge in [0.05, 0.1) is 17.9 Å². The molecule has 0 saturated heterocycles. The van der Waals surface area contributed by atoms with Crippen LogP contribution in [0.4, 0.5) is 0 Å². The number of aromatic amines is 1. The van der Waals surface area contributed by atoms with E-state index < -0.39 is 10.0 Å². The highest BCUT2D eigenvalue weighted by Crippen LogP contribution is 2.17. The second-order valence-electron chi connectivity index (χ2n) is 4.58. The average molecular weight is 298 g/mol. The summed E-state index contributed by atoms with van der Waals surface area (Å²) in [5.74, 6) is 0. The van der Waals surface area contributed by atoms with Crippen LogP contribution in [0.5, 0.6) is 0 Å². The molecule has 0 fully saturated rings. The molecule has 0 spiro atoms. The first-order valence-corrected chi connectivity index (χ1v) is 7.66. The van der Waals surface area contributed by atoms with E-state index in [0.717, 1.165) is 0 Å². The Bertz CT molecular complexity index is 661. The molecule has 0 bridgehead atoms. The predicted molar refractivity (Wildman–Crippen MR) is 73.2 cm³/mol. The van der Waals surface area contributed by atoms with E-state index in [2.05, 4.69) is 20.0 Å². The highest BCUT2D eigenvalue weighted by molar-refractivity contribution is 7.89. The van der Waals surface area contributed by atoms with E-state index in [1.54, 1.807) is 37.0 Å². The van der Waals surface area contributed by atoms with Crippen molar-refractivity contribution >= 4 is 10.0 Å². The molecular formula is C11H18N6O2S. The van der Waals surface area contributed by atoms with Gasteiger partial charge in [0, 0.05) is 25.0 Å². The number of hydrogen-bond donors (Lipinski definition) is 3. The maximum Gasteiger partial charge on any atom is 0.244 e. The number of hydrogen-bond acceptors (Lipinski definition) is 5. The van der Waals surface area contributed by atoms with E-state index in [1.165, 1.54) is 0 Å². The van der Waals surface area contributed by atoms with Crippen molar-refractivity contribution in [3.05, 3.63) is 29.8 Å². The lowest BCUT2D eigenvalue weighted by atomic mass is 10.4. The third-order valence-electron chi connectivity index (χ3n) is 2.80. The lowest BCUT2D eigenvalue weighted by molar-refractivity contribution is 0.493. The number of aryl methyl sites for hydroxylation is 1. The maximum atomic E-state index is 12.4. The number of nitrogens with zero attached hydrogens (tertiary/aromatic N) is 3. The number of aromatic nitrogens is 4. The molecule has 110 valence electrons. The fourth-order valence-electron chi connectivity index (χ4n) is 2.01. The third kappa shape index (κ3) is 3.06. The zero-order valence-corrected chi connectivity index (χ0v) is 12.2. The summed E-state index contributed by atoms with van der Waals surface area (Å²) >= 11 is 0. The number of rotatable bonds is 6. The highest BCUT2D eigenvalue weighted by Gasteiger charge is 2.25. The molecule has 20 heavy (non-hydrogen) atoms. The standard InChI is InChI=1S/C11H18N6O2S/c1-8(7-17-5-3-4-13-17)16-20(18,19)11-9(2)14-15-10(11)6-12/h3-5,8,16H,6-7,12H2,1-2H3,(H,14,15). The van der Waals surface area contributed by atoms with Crippen molar-refractivity contribution in [2.75, 3.05) is 0 Å². The lowest BCUT2D eigenvalue weighted by Crippen LogP contribution is -2.36. The number of H-pyrrole nitrogens is 1. The molecule has 0 aromatic carbocycles. The van der Waals surface area contributed by atoms with Crippen LogP contribution in [-0.4, -0.2) is 34.4 Å². The first kappa shape index (κ1) is 14.7. The minimum Gasteiger partial charge on any atom is -0.325 e. The molecule has 8 nitrogen and oxygen atoms in total. The van der Waals surface area contributed by atoms with Gasteiger partial charge in [-0.3, -0.25) is 9.78 Å². The van der Waals surface area contributed by atoms with Crippen LogP contribution in [0.2, 0.25) is 0 Å². The molecular weight excluding hydrogens is 280 g/mol. The van der Waals surface area contributed by atoms with Crippen molar-refractivity contribution in [1.82, 2.24) is 24.7 Å². The fourth-order valence-corrected chi connectivity index (χ4v) is 3.62. The molecule has 0 saturated carbocycles. The summed E-state index contributed by atoms with van der Waals surface area (Å²) in [7, 11) is -3.66. The van der Waals surface area contributed by atoms with Crippen molar-refractivity contribution in [2.24, 2.45) is 5.73 Å². The SMILES string of the molecule is Cc1[nH]nc(CN)c1S(=O)(=O)NC(C)Cn1cccn1. The van der Waals surface area contributed by atoms with Crippen LogP contribution in [0.25, 0.3) is 0 Å². The molecule has 1 atom stereocenters. The summed E-state index contributed by atoms with van der Waals surface area (Å²) in [6.07, 6.45) is 3.42. The first-order valence-electron chi connectivity index (χ1n) is 6.17. The second kappa shape index (κ2) is 5.73. The topological polar surface area (TPSA) is 119 Å². The molecule has 0 amide bonds. The summed E-state index contributed by atoms with van der Waals surface area (Å²) in [5.41, 5.74) is 6.32. The zero-order valence-electron chi connectivity index (χ0n) is 11.4. The Balaban J connectivity index is 2.16. The van der Waals surface area contributed by atoms with Gasteiger partial charge in [-0.2, -0.15) is 10.2 Å². The molecule has 0 aliphatic rings. The monoisotopic (exact) mass is 298 g/mol. The highest BCUT2D eigenvalue weighted by atomic mass is 32.2. The normalized spacial score (nSPS) is 13.6. The summed E-state index contributed by atoms with van der Waals surface area (Å²) in [6.45, 7) is 3.94. The van der Waals surface area contributed by atoms with Crippen molar-refractivity contribution in [3.63, 3.8) is 0 Å². The second-order valence-corrected chi connectivity index (χ2v) is 6.23. The van der Waals surface area contributed by atoms with Gasteiger partial charge < -0.3 is 5.73 Å². The van der Waals surface area contributed by atoms with Crippen LogP contribution in [0.15, 0.2) is 23.4 Å². The summed E-state index contributed by atoms with van der Waals surface area (Å²) in [6, 6.07) is 1.48. The number of nitrogens with one attached hydrogen (secondary N) is 2. The number of sulfonamides is 1. The lowest BCUT2D eigenvalue weighted by Gasteiger charge is -2.14. The van der Waals surface area contributed by atoms with Gasteiger partial charge in [0.2, 0.25) is 10.0 Å². The van der Waals surface area contributed by atoms with Gasteiger partial charge in [0.1, 0.15) is 4.90 Å². The quantitative estimate of drug-likeness (QED) is 0.679. The van der Waals surface area contributed by atoms with Gasteiger partial charge in [-0.15, -0.1) is 0 Å². The van der Waals surface area contributed by atoms with Crippen LogP contribution in [0.1, 0.15) is 18.3 Å². The van der Waals surface area contributed by atoms with Gasteiger partial charge in [-0.1, -0.05) is 0 Å². The Kier molecular flexibility index (Phi) is 4.21. The van der Waals surface area contributed by atoms with Crippen LogP contribution in [0, 0.1) is 6.92 Å². The van der Waals surface area contributed by atoms with E-state index in [0.29, 0.717) is 17.9 Å². The van der Waals surface area contributed by atoms with E-state index >= 15 is 0 Å². The van der Waals surface area contributed by atoms with Gasteiger partial charge in [0.15, 0.2) is 0 Å². The Morgan fingerprint density at radius 2 is 2.30 bits per heavy atom. The zero-order chi connectivity index (χ0) is 14.8. The van der Waals surface area contributed by atoms with E-state index in [1.807, 2.05) is 0 Å². The van der Waals surface area contributed by atoms with Crippen LogP contribution >= 0.6 is 0 Å².